The molecule has 0 aromatic carbocycles. The van der Waals surface area contributed by atoms with Crippen molar-refractivity contribution in [2.45, 2.75) is 166 Å². The van der Waals surface area contributed by atoms with Gasteiger partial charge in [-0.1, -0.05) is 0 Å². The van der Waals surface area contributed by atoms with Crippen molar-refractivity contribution in [1.82, 2.24) is 9.80 Å². The normalized spacial score (nSPS) is 26.6. The zero-order chi connectivity index (χ0) is 27.4. The van der Waals surface area contributed by atoms with Gasteiger partial charge >= 0.3 is 245 Å². The van der Waals surface area contributed by atoms with Gasteiger partial charge in [-0.25, -0.2) is 0 Å². The Labute approximate surface area is 243 Å². The zero-order valence-electron chi connectivity index (χ0n) is 25.3. The molecular weight excluding hydrogens is 619 g/mol. The van der Waals surface area contributed by atoms with Crippen molar-refractivity contribution in [3.63, 3.8) is 0 Å². The van der Waals surface area contributed by atoms with E-state index in [1.165, 1.54) is 107 Å². The van der Waals surface area contributed by atoms with Crippen LogP contribution in [0.1, 0.15) is 137 Å². The molecule has 0 aromatic heterocycles. The van der Waals surface area contributed by atoms with Crippen molar-refractivity contribution < 1.29 is 15.0 Å². The van der Waals surface area contributed by atoms with Crippen LogP contribution in [0.3, 0.4) is 0 Å². The maximum atomic E-state index is 8.86. The summed E-state index contributed by atoms with van der Waals surface area (Å²) in [5.74, 6) is 0. The predicted molar refractivity (Wildman–Crippen MR) is 172 cm³/mol. The molecule has 0 amide bonds. The maximum absolute atomic E-state index is 8.86. The van der Waals surface area contributed by atoms with E-state index in [1.807, 2.05) is 0 Å². The van der Waals surface area contributed by atoms with Gasteiger partial charge in [0.05, 0.1) is 0 Å². The summed E-state index contributed by atoms with van der Waals surface area (Å²) in [7, 11) is 13.2. The molecule has 3 saturated carbocycles. The SMILES string of the molecule is CCO[CH]=[Ru]([Cl])([Cl])(=[C]1N(C(C)C)CCCN1C(C)C)[PH](C1CCCCC1)(C1CCCCC1)C1CCCCC1. The molecule has 0 unspecified atom stereocenters. The van der Waals surface area contributed by atoms with Gasteiger partial charge in [-0.3, -0.25) is 0 Å². The summed E-state index contributed by atoms with van der Waals surface area (Å²) in [6.07, 6.45) is 21.8. The molecule has 4 rings (SSSR count). The first-order valence-corrected chi connectivity index (χ1v) is 27.3. The van der Waals surface area contributed by atoms with E-state index < -0.39 is 15.8 Å². The van der Waals surface area contributed by atoms with Crippen LogP contribution in [0.25, 0.3) is 0 Å². The van der Waals surface area contributed by atoms with Crippen LogP contribution in [-0.4, -0.2) is 67.7 Å². The average Bonchev–Trinajstić information content (AvgIpc) is 2.94. The molecule has 3 aliphatic carbocycles. The topological polar surface area (TPSA) is 15.7 Å². The first-order valence-electron chi connectivity index (χ1n) is 16.3. The third kappa shape index (κ3) is 5.88. The molecule has 0 radical (unpaired) electrons. The molecule has 0 N–H and O–H groups in total. The Morgan fingerprint density at radius 3 is 1.39 bits per heavy atom. The molecule has 4 aliphatic rings. The van der Waals surface area contributed by atoms with E-state index in [-0.39, 0.29) is 0 Å². The molecule has 4 fully saturated rings. The molecule has 38 heavy (non-hydrogen) atoms. The third-order valence-corrected chi connectivity index (χ3v) is 46.8. The molecule has 0 aromatic rings. The number of hydrogen-bond acceptors (Lipinski definition) is 3. The van der Waals surface area contributed by atoms with E-state index in [2.05, 4.69) is 49.2 Å². The standard InChI is InChI=1S/C18H33P.C10H20N2.C3H6O.2ClH.Ru/c1-4-10-16(11-5-1)19(17-12-6-2-7-13-17)18-14-8-3-9-15-18;1-9(2)11-6-5-7-12(8-11)10(3)4;1-3-4-2;;;/h16-18H,1-15H2;9-10H,5-7H2,1-4H3;2H,3H2,1H3;2*1H;/q;;;;;+1/p-1. The molecular formula is C31H60Cl2N2OPRu. The van der Waals surface area contributed by atoms with Gasteiger partial charge in [0.2, 0.25) is 0 Å². The first-order chi connectivity index (χ1) is 18.2. The van der Waals surface area contributed by atoms with Gasteiger partial charge in [0, 0.05) is 0 Å². The minimum absolute atomic E-state index is 0.397. The van der Waals surface area contributed by atoms with Crippen molar-refractivity contribution in [3.05, 3.63) is 0 Å². The quantitative estimate of drug-likeness (QED) is 0.188. The molecule has 227 valence electrons. The Morgan fingerprint density at radius 2 is 1.08 bits per heavy atom. The number of nitrogens with zero attached hydrogens (tertiary/aromatic N) is 2. The van der Waals surface area contributed by atoms with Crippen LogP contribution >= 0.6 is 25.0 Å². The Morgan fingerprint density at radius 1 is 0.711 bits per heavy atom. The Kier molecular flexibility index (Phi) is 11.6. The number of hydrogen-bond donors (Lipinski definition) is 0. The second-order valence-electron chi connectivity index (χ2n) is 13.3. The van der Waals surface area contributed by atoms with E-state index in [4.69, 9.17) is 24.1 Å². The summed E-state index contributed by atoms with van der Waals surface area (Å²) in [6.45, 7) is 14.4. The molecule has 3 nitrogen and oxygen atoms in total. The Hall–Kier alpha value is 1.25. The summed E-state index contributed by atoms with van der Waals surface area (Å²) in [5, 5.41) is 0. The van der Waals surface area contributed by atoms with E-state index >= 15 is 0 Å². The van der Waals surface area contributed by atoms with Crippen molar-refractivity contribution in [1.29, 1.82) is 0 Å². The van der Waals surface area contributed by atoms with Gasteiger partial charge < -0.3 is 0 Å². The monoisotopic (exact) mass is 679 g/mol. The summed E-state index contributed by atoms with van der Waals surface area (Å²) >= 11 is 0. The van der Waals surface area contributed by atoms with Crippen molar-refractivity contribution >= 4 is 34.1 Å². The van der Waals surface area contributed by atoms with Crippen LogP contribution < -0.4 is 0 Å². The van der Waals surface area contributed by atoms with Crippen LogP contribution in [0.4, 0.5) is 0 Å². The van der Waals surface area contributed by atoms with Crippen LogP contribution in [-0.2, 0) is 15.0 Å². The molecule has 0 spiro atoms. The van der Waals surface area contributed by atoms with Gasteiger partial charge in [0.25, 0.3) is 0 Å². The molecule has 0 atom stereocenters. The first kappa shape index (κ1) is 32.2. The van der Waals surface area contributed by atoms with Crippen LogP contribution in [0, 0.1) is 0 Å². The van der Waals surface area contributed by atoms with E-state index in [9.17, 15) is 0 Å². The van der Waals surface area contributed by atoms with Crippen LogP contribution in [0.15, 0.2) is 0 Å². The van der Waals surface area contributed by atoms with Crippen molar-refractivity contribution in [2.24, 2.45) is 0 Å². The van der Waals surface area contributed by atoms with Crippen molar-refractivity contribution in [2.75, 3.05) is 19.7 Å². The summed E-state index contributed by atoms with van der Waals surface area (Å²) in [5.41, 5.74) is -0.122. The minimum atomic E-state index is -4.48. The molecule has 1 heterocycles. The summed E-state index contributed by atoms with van der Waals surface area (Å²) in [4.78, 5) is 7.63. The molecule has 0 bridgehead atoms. The molecule has 7 heteroatoms. The second-order valence-corrected chi connectivity index (χ2v) is 41.2. The Bertz CT molecular complexity index is 853. The van der Waals surface area contributed by atoms with E-state index in [0.29, 0.717) is 18.7 Å². The van der Waals surface area contributed by atoms with Gasteiger partial charge in [0.15, 0.2) is 0 Å². The number of halogens is 2. The van der Waals surface area contributed by atoms with Gasteiger partial charge in [-0.05, 0) is 0 Å². The van der Waals surface area contributed by atoms with E-state index in [0.717, 1.165) is 30.1 Å². The Balaban J connectivity index is 2.18. The number of rotatable bonds is 8. The van der Waals surface area contributed by atoms with Gasteiger partial charge in [0.1, 0.15) is 0 Å². The zero-order valence-corrected chi connectivity index (χ0v) is 29.6. The van der Waals surface area contributed by atoms with Gasteiger partial charge in [-0.15, -0.1) is 0 Å². The molecule has 1 aliphatic heterocycles. The van der Waals surface area contributed by atoms with Crippen molar-refractivity contribution in [3.8, 4) is 0 Å². The van der Waals surface area contributed by atoms with Crippen LogP contribution in [0.2, 0.25) is 0 Å². The van der Waals surface area contributed by atoms with Gasteiger partial charge in [-0.2, -0.15) is 0 Å². The fraction of sp³-hybridized carbons (Fsp3) is 0.935. The summed E-state index contributed by atoms with van der Waals surface area (Å²) in [6, 6.07) is 0.795. The molecule has 1 saturated heterocycles. The second kappa shape index (κ2) is 13.7. The fourth-order valence-electron chi connectivity index (χ4n) is 8.87. The fourth-order valence-corrected chi connectivity index (χ4v) is 55.6. The predicted octanol–water partition coefficient (Wildman–Crippen LogP) is 9.35. The van der Waals surface area contributed by atoms with Crippen LogP contribution in [0.5, 0.6) is 0 Å². The van der Waals surface area contributed by atoms with E-state index in [1.54, 1.807) is 0 Å². The third-order valence-electron chi connectivity index (χ3n) is 10.4. The number of ether oxygens (including phenoxy) is 1. The summed E-state index contributed by atoms with van der Waals surface area (Å²) < 4.78 is 7.93. The average molecular weight is 680 g/mol.